The molecule has 0 bridgehead atoms. The van der Waals surface area contributed by atoms with Gasteiger partial charge in [-0.05, 0) is 55.5 Å². The fourth-order valence-electron chi connectivity index (χ4n) is 5.08. The highest BCUT2D eigenvalue weighted by Crippen LogP contribution is 2.37. The number of amides is 2. The second-order valence-corrected chi connectivity index (χ2v) is 9.42. The minimum atomic E-state index is -1.19. The van der Waals surface area contributed by atoms with Gasteiger partial charge in [-0.1, -0.05) is 24.3 Å². The molecule has 2 fully saturated rings. The number of likely N-dealkylation sites (N-methyl/N-ethyl adjacent to an activating group) is 1. The van der Waals surface area contributed by atoms with Gasteiger partial charge in [-0.2, -0.15) is 0 Å². The predicted octanol–water partition coefficient (Wildman–Crippen LogP) is 2.80. The zero-order chi connectivity index (χ0) is 23.2. The van der Waals surface area contributed by atoms with Crippen molar-refractivity contribution in [1.29, 1.82) is 0 Å². The molecule has 2 heterocycles. The topological polar surface area (TPSA) is 64.1 Å². The molecule has 1 saturated carbocycles. The molecule has 174 valence electrons. The maximum atomic E-state index is 15.1. The van der Waals surface area contributed by atoms with Crippen LogP contribution in [0.25, 0.3) is 0 Å². The van der Waals surface area contributed by atoms with Crippen molar-refractivity contribution >= 4 is 17.5 Å². The second kappa shape index (κ2) is 8.45. The number of piperazine rings is 1. The smallest absolute Gasteiger partial charge is 0.256 e. The lowest BCUT2D eigenvalue weighted by atomic mass is 9.86. The molecule has 5 rings (SSSR count). The number of anilines is 1. The summed E-state index contributed by atoms with van der Waals surface area (Å²) in [6.07, 6.45) is 1.86. The van der Waals surface area contributed by atoms with E-state index < -0.39 is 11.4 Å². The van der Waals surface area contributed by atoms with Gasteiger partial charge in [-0.3, -0.25) is 9.59 Å². The molecule has 1 unspecified atom stereocenters. The third-order valence-corrected chi connectivity index (χ3v) is 7.29. The molecule has 1 atom stereocenters. The fourth-order valence-corrected chi connectivity index (χ4v) is 5.08. The van der Waals surface area contributed by atoms with Crippen LogP contribution < -0.4 is 4.90 Å². The van der Waals surface area contributed by atoms with E-state index in [4.69, 9.17) is 0 Å². The number of nitrogens with zero attached hydrogens (tertiary/aromatic N) is 3. The Kier molecular flexibility index (Phi) is 5.60. The molecule has 1 N–H and O–H groups in total. The van der Waals surface area contributed by atoms with Gasteiger partial charge in [0.05, 0.1) is 5.56 Å². The van der Waals surface area contributed by atoms with Crippen LogP contribution in [-0.4, -0.2) is 71.6 Å². The van der Waals surface area contributed by atoms with E-state index in [-0.39, 0.29) is 23.3 Å². The number of fused-ring (bicyclic) bond motifs is 1. The molecule has 33 heavy (non-hydrogen) atoms. The van der Waals surface area contributed by atoms with Gasteiger partial charge in [0.2, 0.25) is 0 Å². The third kappa shape index (κ3) is 4.10. The Morgan fingerprint density at radius 3 is 2.42 bits per heavy atom. The van der Waals surface area contributed by atoms with Crippen LogP contribution in [-0.2, 0) is 11.2 Å². The number of halogens is 1. The molecule has 1 saturated heterocycles. The second-order valence-electron chi connectivity index (χ2n) is 9.42. The molecule has 7 heteroatoms. The normalized spacial score (nSPS) is 21.5. The van der Waals surface area contributed by atoms with Crippen LogP contribution in [0.15, 0.2) is 42.5 Å². The van der Waals surface area contributed by atoms with Gasteiger partial charge in [0, 0.05) is 50.9 Å². The van der Waals surface area contributed by atoms with Crippen molar-refractivity contribution in [2.24, 2.45) is 0 Å². The number of benzene rings is 2. The molecular weight excluding hydrogens is 421 g/mol. The minimum absolute atomic E-state index is 0.0721. The number of hydrogen-bond acceptors (Lipinski definition) is 4. The molecule has 1 aliphatic carbocycles. The third-order valence-electron chi connectivity index (χ3n) is 7.29. The standard InChI is InChI=1S/C26H30FN3O3/c1-2-28-17-20(15-19-5-3-4-6-23(19)28)18-7-8-21(22(27)16-18)24(31)29-11-13-30(14-12-29)25(32)26(33)9-10-26/h3-8,16,20,33H,2,9-15,17H2,1H3. The van der Waals surface area contributed by atoms with Crippen molar-refractivity contribution in [2.45, 2.75) is 37.7 Å². The average molecular weight is 452 g/mol. The van der Waals surface area contributed by atoms with E-state index in [0.29, 0.717) is 39.0 Å². The lowest BCUT2D eigenvalue weighted by Crippen LogP contribution is -2.53. The van der Waals surface area contributed by atoms with E-state index in [1.165, 1.54) is 17.3 Å². The maximum Gasteiger partial charge on any atom is 0.256 e. The highest BCUT2D eigenvalue weighted by molar-refractivity contribution is 5.95. The summed E-state index contributed by atoms with van der Waals surface area (Å²) in [5.41, 5.74) is 2.29. The number of hydrogen-bond donors (Lipinski definition) is 1. The number of carbonyl (C=O) groups is 2. The van der Waals surface area contributed by atoms with E-state index in [1.54, 1.807) is 15.9 Å². The van der Waals surface area contributed by atoms with Gasteiger partial charge in [-0.15, -0.1) is 0 Å². The summed E-state index contributed by atoms with van der Waals surface area (Å²) in [6, 6.07) is 13.4. The molecule has 3 aliphatic rings. The van der Waals surface area contributed by atoms with Gasteiger partial charge in [0.25, 0.3) is 11.8 Å². The quantitative estimate of drug-likeness (QED) is 0.777. The number of rotatable bonds is 4. The Labute approximate surface area is 193 Å². The Hall–Kier alpha value is -2.93. The van der Waals surface area contributed by atoms with Crippen molar-refractivity contribution in [3.8, 4) is 0 Å². The van der Waals surface area contributed by atoms with Crippen LogP contribution >= 0.6 is 0 Å². The Bertz CT molecular complexity index is 1080. The first-order chi connectivity index (χ1) is 15.9. The zero-order valence-electron chi connectivity index (χ0n) is 19.0. The summed E-state index contributed by atoms with van der Waals surface area (Å²) in [6.45, 7) is 5.24. The van der Waals surface area contributed by atoms with Crippen molar-refractivity contribution in [2.75, 3.05) is 44.2 Å². The van der Waals surface area contributed by atoms with Gasteiger partial charge < -0.3 is 19.8 Å². The van der Waals surface area contributed by atoms with E-state index in [0.717, 1.165) is 25.1 Å². The van der Waals surface area contributed by atoms with Crippen LogP contribution in [0.1, 0.15) is 47.2 Å². The summed E-state index contributed by atoms with van der Waals surface area (Å²) in [7, 11) is 0. The van der Waals surface area contributed by atoms with E-state index in [1.807, 2.05) is 18.2 Å². The van der Waals surface area contributed by atoms with Crippen molar-refractivity contribution in [3.05, 3.63) is 65.0 Å². The zero-order valence-corrected chi connectivity index (χ0v) is 19.0. The molecule has 6 nitrogen and oxygen atoms in total. The van der Waals surface area contributed by atoms with E-state index in [2.05, 4.69) is 24.0 Å². The highest BCUT2D eigenvalue weighted by Gasteiger charge is 2.50. The molecular formula is C26H30FN3O3. The fraction of sp³-hybridized carbons (Fsp3) is 0.462. The largest absolute Gasteiger partial charge is 0.380 e. The van der Waals surface area contributed by atoms with E-state index in [9.17, 15) is 14.7 Å². The maximum absolute atomic E-state index is 15.1. The molecule has 2 aromatic carbocycles. The lowest BCUT2D eigenvalue weighted by molar-refractivity contribution is -0.143. The summed E-state index contributed by atoms with van der Waals surface area (Å²) in [5.74, 6) is -0.924. The molecule has 2 aromatic rings. The summed E-state index contributed by atoms with van der Waals surface area (Å²) >= 11 is 0. The van der Waals surface area contributed by atoms with Gasteiger partial charge in [-0.25, -0.2) is 4.39 Å². The van der Waals surface area contributed by atoms with Crippen LogP contribution in [0.4, 0.5) is 10.1 Å². The van der Waals surface area contributed by atoms with E-state index >= 15 is 4.39 Å². The first kappa shape index (κ1) is 21.9. The van der Waals surface area contributed by atoms with Crippen LogP contribution in [0.5, 0.6) is 0 Å². The summed E-state index contributed by atoms with van der Waals surface area (Å²) in [5, 5.41) is 10.0. The highest BCUT2D eigenvalue weighted by atomic mass is 19.1. The predicted molar refractivity (Wildman–Crippen MR) is 124 cm³/mol. The first-order valence-corrected chi connectivity index (χ1v) is 11.8. The monoisotopic (exact) mass is 451 g/mol. The summed E-state index contributed by atoms with van der Waals surface area (Å²) in [4.78, 5) is 30.8. The Balaban J connectivity index is 1.27. The minimum Gasteiger partial charge on any atom is -0.380 e. The van der Waals surface area contributed by atoms with Crippen molar-refractivity contribution < 1.29 is 19.1 Å². The van der Waals surface area contributed by atoms with Crippen molar-refractivity contribution in [1.82, 2.24) is 9.80 Å². The molecule has 0 radical (unpaired) electrons. The molecule has 2 amide bonds. The van der Waals surface area contributed by atoms with Gasteiger partial charge in [0.15, 0.2) is 0 Å². The lowest BCUT2D eigenvalue weighted by Gasteiger charge is -2.36. The van der Waals surface area contributed by atoms with Crippen LogP contribution in [0.3, 0.4) is 0 Å². The SMILES string of the molecule is CCN1CC(c2ccc(C(=O)N3CCN(C(=O)C4(O)CC4)CC3)c(F)c2)Cc2ccccc21. The van der Waals surface area contributed by atoms with Crippen molar-refractivity contribution in [3.63, 3.8) is 0 Å². The van der Waals surface area contributed by atoms with Gasteiger partial charge in [0.1, 0.15) is 11.4 Å². The number of carbonyl (C=O) groups excluding carboxylic acids is 2. The van der Waals surface area contributed by atoms with Crippen LogP contribution in [0, 0.1) is 5.82 Å². The number of para-hydroxylation sites is 1. The Morgan fingerprint density at radius 1 is 1.06 bits per heavy atom. The molecule has 2 aliphatic heterocycles. The van der Waals surface area contributed by atoms with Crippen LogP contribution in [0.2, 0.25) is 0 Å². The first-order valence-electron chi connectivity index (χ1n) is 11.8. The van der Waals surface area contributed by atoms with Gasteiger partial charge >= 0.3 is 0 Å². The molecule has 0 spiro atoms. The Morgan fingerprint density at radius 2 is 1.76 bits per heavy atom. The summed E-state index contributed by atoms with van der Waals surface area (Å²) < 4.78 is 15.1. The molecule has 0 aromatic heterocycles. The number of aliphatic hydroxyl groups is 1. The average Bonchev–Trinajstić information content (AvgIpc) is 3.60.